The number of nitrogens with two attached hydrogens (primary N) is 1. The highest BCUT2D eigenvalue weighted by Crippen LogP contribution is 2.12. The van der Waals surface area contributed by atoms with Crippen LogP contribution in [0, 0.1) is 0 Å². The van der Waals surface area contributed by atoms with E-state index in [1.165, 1.54) is 49.6 Å². The Morgan fingerprint density at radius 3 is 1.52 bits per heavy atom. The van der Waals surface area contributed by atoms with Crippen LogP contribution in [0.4, 0.5) is 0 Å². The molecular formula is C21H17NO5. The Labute approximate surface area is 155 Å². The molecule has 0 aliphatic carbocycles. The summed E-state index contributed by atoms with van der Waals surface area (Å²) in [4.78, 5) is 46.5. The van der Waals surface area contributed by atoms with Gasteiger partial charge in [-0.2, -0.15) is 0 Å². The summed E-state index contributed by atoms with van der Waals surface area (Å²) in [6.45, 7) is 0. The molecular weight excluding hydrogens is 346 g/mol. The molecule has 2 aromatic carbocycles. The topological polar surface area (TPSA) is 104 Å². The molecule has 6 heteroatoms. The van der Waals surface area contributed by atoms with Crippen molar-refractivity contribution in [2.24, 2.45) is 5.73 Å². The summed E-state index contributed by atoms with van der Waals surface area (Å²) >= 11 is 0. The molecule has 2 aromatic rings. The first-order valence-corrected chi connectivity index (χ1v) is 7.93. The number of amides is 1. The normalized spacial score (nSPS) is 10.9. The van der Waals surface area contributed by atoms with Crippen molar-refractivity contribution < 1.29 is 23.9 Å². The molecule has 0 aromatic heterocycles. The Morgan fingerprint density at radius 2 is 1.15 bits per heavy atom. The number of hydrogen-bond acceptors (Lipinski definition) is 5. The molecule has 0 aliphatic rings. The van der Waals surface area contributed by atoms with E-state index in [9.17, 15) is 19.2 Å². The number of hydrogen-bond donors (Lipinski definition) is 1. The number of ketones is 2. The molecule has 0 bridgehead atoms. The largest absolute Gasteiger partial charge is 0.466 e. The lowest BCUT2D eigenvalue weighted by Gasteiger charge is -2.02. The maximum absolute atomic E-state index is 12.4. The molecule has 0 heterocycles. The highest BCUT2D eigenvalue weighted by molar-refractivity contribution is 6.49. The molecule has 2 rings (SSSR count). The van der Waals surface area contributed by atoms with Crippen LogP contribution in [0.1, 0.15) is 31.8 Å². The Balaban J connectivity index is 2.10. The SMILES string of the molecule is COC(=O)C=Cc1ccc(C(=O)C(=O)c2ccc(C=CC(N)=O)cc2)cc1. The zero-order valence-electron chi connectivity index (χ0n) is 14.5. The summed E-state index contributed by atoms with van der Waals surface area (Å²) in [5.41, 5.74) is 6.88. The maximum atomic E-state index is 12.4. The van der Waals surface area contributed by atoms with Gasteiger partial charge >= 0.3 is 5.97 Å². The first-order valence-electron chi connectivity index (χ1n) is 7.93. The number of Topliss-reactive ketones (excluding diaryl/α,β-unsaturated/α-hetero) is 2. The lowest BCUT2D eigenvalue weighted by atomic mass is 9.99. The lowest BCUT2D eigenvalue weighted by molar-refractivity contribution is -0.134. The highest BCUT2D eigenvalue weighted by atomic mass is 16.5. The van der Waals surface area contributed by atoms with Crippen molar-refractivity contribution in [1.82, 2.24) is 0 Å². The zero-order valence-corrected chi connectivity index (χ0v) is 14.5. The number of methoxy groups -OCH3 is 1. The van der Waals surface area contributed by atoms with Crippen LogP contribution >= 0.6 is 0 Å². The van der Waals surface area contributed by atoms with E-state index in [1.807, 2.05) is 0 Å². The second-order valence-corrected chi connectivity index (χ2v) is 5.49. The van der Waals surface area contributed by atoms with Gasteiger partial charge < -0.3 is 10.5 Å². The van der Waals surface area contributed by atoms with Gasteiger partial charge in [0.1, 0.15) is 0 Å². The molecule has 0 atom stereocenters. The van der Waals surface area contributed by atoms with Crippen molar-refractivity contribution in [2.45, 2.75) is 0 Å². The first-order chi connectivity index (χ1) is 12.9. The lowest BCUT2D eigenvalue weighted by Crippen LogP contribution is -2.14. The first kappa shape index (κ1) is 19.5. The Kier molecular flexibility index (Phi) is 6.55. The smallest absolute Gasteiger partial charge is 0.330 e. The zero-order chi connectivity index (χ0) is 19.8. The average molecular weight is 363 g/mol. The molecule has 136 valence electrons. The minimum absolute atomic E-state index is 0.242. The summed E-state index contributed by atoms with van der Waals surface area (Å²) in [6.07, 6.45) is 5.52. The van der Waals surface area contributed by atoms with Crippen molar-refractivity contribution in [3.63, 3.8) is 0 Å². The fourth-order valence-corrected chi connectivity index (χ4v) is 2.16. The van der Waals surface area contributed by atoms with E-state index in [0.29, 0.717) is 11.1 Å². The summed E-state index contributed by atoms with van der Waals surface area (Å²) in [7, 11) is 1.28. The van der Waals surface area contributed by atoms with Gasteiger partial charge in [0.05, 0.1) is 7.11 Å². The van der Waals surface area contributed by atoms with Crippen molar-refractivity contribution >= 4 is 35.6 Å². The van der Waals surface area contributed by atoms with Crippen LogP contribution in [0.3, 0.4) is 0 Å². The minimum atomic E-state index is -0.640. The van der Waals surface area contributed by atoms with Crippen LogP contribution < -0.4 is 5.73 Å². The number of esters is 1. The number of primary amides is 1. The molecule has 0 aliphatic heterocycles. The van der Waals surface area contributed by atoms with Crippen molar-refractivity contribution in [3.8, 4) is 0 Å². The Hall–Kier alpha value is -3.80. The predicted molar refractivity (Wildman–Crippen MR) is 101 cm³/mol. The van der Waals surface area contributed by atoms with Gasteiger partial charge in [0, 0.05) is 23.3 Å². The van der Waals surface area contributed by atoms with E-state index in [0.717, 1.165) is 0 Å². The molecule has 0 spiro atoms. The number of carbonyl (C=O) groups is 4. The van der Waals surface area contributed by atoms with Gasteiger partial charge in [0.25, 0.3) is 0 Å². The summed E-state index contributed by atoms with van der Waals surface area (Å²) in [6, 6.07) is 12.5. The van der Waals surface area contributed by atoms with E-state index >= 15 is 0 Å². The van der Waals surface area contributed by atoms with Crippen LogP contribution in [0.2, 0.25) is 0 Å². The highest BCUT2D eigenvalue weighted by Gasteiger charge is 2.17. The summed E-state index contributed by atoms with van der Waals surface area (Å²) in [5, 5.41) is 0. The second-order valence-electron chi connectivity index (χ2n) is 5.49. The van der Waals surface area contributed by atoms with E-state index in [1.54, 1.807) is 30.3 Å². The van der Waals surface area contributed by atoms with Gasteiger partial charge in [-0.05, 0) is 23.3 Å². The van der Waals surface area contributed by atoms with E-state index in [4.69, 9.17) is 5.73 Å². The standard InChI is InChI=1S/C21H17NO5/c1-27-19(24)13-7-15-4-10-17(11-5-15)21(26)20(25)16-8-2-14(3-9-16)6-12-18(22)23/h2-13H,1H3,(H2,22,23). The molecule has 6 nitrogen and oxygen atoms in total. The van der Waals surface area contributed by atoms with E-state index in [2.05, 4.69) is 4.74 Å². The second kappa shape index (κ2) is 9.05. The van der Waals surface area contributed by atoms with E-state index in [-0.39, 0.29) is 11.1 Å². The number of ether oxygens (including phenoxy) is 1. The van der Waals surface area contributed by atoms with Gasteiger partial charge in [-0.1, -0.05) is 48.5 Å². The van der Waals surface area contributed by atoms with Crippen molar-refractivity contribution in [2.75, 3.05) is 7.11 Å². The van der Waals surface area contributed by atoms with E-state index < -0.39 is 23.4 Å². The van der Waals surface area contributed by atoms with Crippen molar-refractivity contribution in [1.29, 1.82) is 0 Å². The third kappa shape index (κ3) is 5.61. The summed E-state index contributed by atoms with van der Waals surface area (Å²) in [5.74, 6) is -2.34. The Morgan fingerprint density at radius 1 is 0.741 bits per heavy atom. The molecule has 0 saturated carbocycles. The quantitative estimate of drug-likeness (QED) is 0.352. The molecule has 0 unspecified atom stereocenters. The Bertz CT molecular complexity index is 922. The van der Waals surface area contributed by atoms with Crippen LogP contribution in [0.5, 0.6) is 0 Å². The van der Waals surface area contributed by atoms with Gasteiger partial charge in [-0.15, -0.1) is 0 Å². The van der Waals surface area contributed by atoms with Crippen LogP contribution in [0.15, 0.2) is 60.7 Å². The fraction of sp³-hybridized carbons (Fsp3) is 0.0476. The fourth-order valence-electron chi connectivity index (χ4n) is 2.16. The van der Waals surface area contributed by atoms with Gasteiger partial charge in [-0.25, -0.2) is 4.79 Å². The molecule has 0 saturated heterocycles. The maximum Gasteiger partial charge on any atom is 0.330 e. The van der Waals surface area contributed by atoms with Crippen molar-refractivity contribution in [3.05, 3.63) is 82.9 Å². The molecule has 0 fully saturated rings. The molecule has 2 N–H and O–H groups in total. The van der Waals surface area contributed by atoms with Gasteiger partial charge in [0.2, 0.25) is 17.5 Å². The van der Waals surface area contributed by atoms with Crippen LogP contribution in [-0.2, 0) is 14.3 Å². The molecule has 0 radical (unpaired) electrons. The number of benzene rings is 2. The minimum Gasteiger partial charge on any atom is -0.466 e. The monoisotopic (exact) mass is 363 g/mol. The van der Waals surface area contributed by atoms with Crippen LogP contribution in [-0.4, -0.2) is 30.6 Å². The average Bonchev–Trinajstić information content (AvgIpc) is 2.70. The predicted octanol–water partition coefficient (Wildman–Crippen LogP) is 2.44. The molecule has 1 amide bonds. The number of carbonyl (C=O) groups excluding carboxylic acids is 4. The van der Waals surface area contributed by atoms with Gasteiger partial charge in [-0.3, -0.25) is 14.4 Å². The van der Waals surface area contributed by atoms with Gasteiger partial charge in [0.15, 0.2) is 0 Å². The van der Waals surface area contributed by atoms with Crippen LogP contribution in [0.25, 0.3) is 12.2 Å². The molecule has 27 heavy (non-hydrogen) atoms. The third-order valence-corrected chi connectivity index (χ3v) is 3.61. The third-order valence-electron chi connectivity index (χ3n) is 3.61. The summed E-state index contributed by atoms with van der Waals surface area (Å²) < 4.78 is 4.50. The number of rotatable bonds is 7.